The fourth-order valence-corrected chi connectivity index (χ4v) is 2.31. The van der Waals surface area contributed by atoms with E-state index in [0.717, 1.165) is 11.3 Å². The molecule has 1 aromatic heterocycles. The summed E-state index contributed by atoms with van der Waals surface area (Å²) in [5, 5.41) is 14.9. The molecule has 3 rings (SSSR count). The number of carbonyl (C=O) groups excluding carboxylic acids is 1. The highest BCUT2D eigenvalue weighted by Gasteiger charge is 2.06. The Balaban J connectivity index is 1.63. The fraction of sp³-hybridized carbons (Fsp3) is 0.167. The summed E-state index contributed by atoms with van der Waals surface area (Å²) in [6, 6.07) is 12.2. The van der Waals surface area contributed by atoms with E-state index in [1.54, 1.807) is 43.5 Å². The van der Waals surface area contributed by atoms with Gasteiger partial charge in [0.2, 0.25) is 0 Å². The van der Waals surface area contributed by atoms with E-state index in [-0.39, 0.29) is 5.91 Å². The van der Waals surface area contributed by atoms with E-state index in [2.05, 4.69) is 26.1 Å². The van der Waals surface area contributed by atoms with Gasteiger partial charge >= 0.3 is 0 Å². The van der Waals surface area contributed by atoms with Crippen LogP contribution in [0.5, 0.6) is 11.5 Å². The summed E-state index contributed by atoms with van der Waals surface area (Å²) in [6.45, 7) is 2.45. The lowest BCUT2D eigenvalue weighted by Gasteiger charge is -2.09. The van der Waals surface area contributed by atoms with Gasteiger partial charge in [0.15, 0.2) is 11.5 Å². The van der Waals surface area contributed by atoms with Gasteiger partial charge in [-0.05, 0) is 65.4 Å². The van der Waals surface area contributed by atoms with E-state index in [4.69, 9.17) is 9.47 Å². The van der Waals surface area contributed by atoms with Crippen LogP contribution in [0.25, 0.3) is 5.69 Å². The smallest absolute Gasteiger partial charge is 0.271 e. The van der Waals surface area contributed by atoms with Crippen LogP contribution < -0.4 is 14.9 Å². The van der Waals surface area contributed by atoms with Crippen LogP contribution in [0.1, 0.15) is 22.8 Å². The Labute approximate surface area is 155 Å². The summed E-state index contributed by atoms with van der Waals surface area (Å²) in [5.41, 5.74) is 4.48. The zero-order chi connectivity index (χ0) is 19.1. The maximum Gasteiger partial charge on any atom is 0.271 e. The molecule has 0 aliphatic carbocycles. The first kappa shape index (κ1) is 18.1. The zero-order valence-electron chi connectivity index (χ0n) is 14.9. The Hall–Kier alpha value is -3.75. The second kappa shape index (κ2) is 8.56. The summed E-state index contributed by atoms with van der Waals surface area (Å²) < 4.78 is 12.3. The molecule has 9 nitrogen and oxygen atoms in total. The van der Waals surface area contributed by atoms with Crippen molar-refractivity contribution in [2.45, 2.75) is 6.92 Å². The molecular weight excluding hydrogens is 348 g/mol. The fourth-order valence-electron chi connectivity index (χ4n) is 2.31. The van der Waals surface area contributed by atoms with Crippen LogP contribution in [0.4, 0.5) is 0 Å². The molecule has 3 aromatic rings. The Morgan fingerprint density at radius 1 is 1.22 bits per heavy atom. The van der Waals surface area contributed by atoms with Crippen LogP contribution in [0, 0.1) is 0 Å². The van der Waals surface area contributed by atoms with Crippen molar-refractivity contribution in [2.75, 3.05) is 13.7 Å². The van der Waals surface area contributed by atoms with Gasteiger partial charge in [0.25, 0.3) is 5.91 Å². The molecule has 0 atom stereocenters. The van der Waals surface area contributed by atoms with Gasteiger partial charge in [-0.15, -0.1) is 5.10 Å². The van der Waals surface area contributed by atoms with Crippen molar-refractivity contribution in [3.05, 3.63) is 59.9 Å². The highest BCUT2D eigenvalue weighted by atomic mass is 16.5. The van der Waals surface area contributed by atoms with Crippen molar-refractivity contribution < 1.29 is 14.3 Å². The Morgan fingerprint density at radius 2 is 2.04 bits per heavy atom. The monoisotopic (exact) mass is 366 g/mol. The highest BCUT2D eigenvalue weighted by molar-refractivity contribution is 5.95. The van der Waals surface area contributed by atoms with Crippen LogP contribution >= 0.6 is 0 Å². The summed E-state index contributed by atoms with van der Waals surface area (Å²) >= 11 is 0. The maximum absolute atomic E-state index is 12.2. The van der Waals surface area contributed by atoms with E-state index >= 15 is 0 Å². The van der Waals surface area contributed by atoms with Gasteiger partial charge in [-0.3, -0.25) is 4.79 Å². The van der Waals surface area contributed by atoms with E-state index in [0.29, 0.717) is 23.7 Å². The summed E-state index contributed by atoms with van der Waals surface area (Å²) in [7, 11) is 1.57. The number of benzene rings is 2. The molecule has 1 heterocycles. The number of tetrazole rings is 1. The SMILES string of the molecule is CCOc1ccc(/C=N/NC(=O)c2ccc(-n3cnnn3)cc2)cc1OC. The van der Waals surface area contributed by atoms with Gasteiger partial charge in [-0.1, -0.05) is 0 Å². The van der Waals surface area contributed by atoms with Gasteiger partial charge in [0.05, 0.1) is 25.6 Å². The molecule has 0 bridgehead atoms. The second-order valence-corrected chi connectivity index (χ2v) is 5.34. The third-order valence-corrected chi connectivity index (χ3v) is 3.61. The standard InChI is InChI=1S/C18H18N6O3/c1-3-27-16-9-4-13(10-17(16)26-2)11-19-21-18(25)14-5-7-15(8-6-14)24-12-20-22-23-24/h4-12H,3H2,1-2H3,(H,21,25)/b19-11+. The van der Waals surface area contributed by atoms with Crippen molar-refractivity contribution >= 4 is 12.1 Å². The number of ether oxygens (including phenoxy) is 2. The number of nitrogens with zero attached hydrogens (tertiary/aromatic N) is 5. The van der Waals surface area contributed by atoms with Crippen LogP contribution in [-0.2, 0) is 0 Å². The molecule has 2 aromatic carbocycles. The molecule has 0 spiro atoms. The van der Waals surface area contributed by atoms with E-state index in [1.807, 2.05) is 13.0 Å². The quantitative estimate of drug-likeness (QED) is 0.505. The van der Waals surface area contributed by atoms with Crippen molar-refractivity contribution in [3.63, 3.8) is 0 Å². The topological polar surface area (TPSA) is 104 Å². The molecule has 9 heteroatoms. The predicted octanol–water partition coefficient (Wildman–Crippen LogP) is 1.83. The Morgan fingerprint density at radius 3 is 2.70 bits per heavy atom. The molecule has 0 unspecified atom stereocenters. The first-order valence-corrected chi connectivity index (χ1v) is 8.19. The minimum Gasteiger partial charge on any atom is -0.493 e. The van der Waals surface area contributed by atoms with Crippen LogP contribution in [0.2, 0.25) is 0 Å². The molecule has 1 amide bonds. The van der Waals surface area contributed by atoms with Gasteiger partial charge in [0, 0.05) is 5.56 Å². The van der Waals surface area contributed by atoms with E-state index in [9.17, 15) is 4.79 Å². The number of amides is 1. The zero-order valence-corrected chi connectivity index (χ0v) is 14.9. The Kier molecular flexibility index (Phi) is 5.73. The summed E-state index contributed by atoms with van der Waals surface area (Å²) in [5.74, 6) is 0.932. The minimum absolute atomic E-state index is 0.326. The lowest BCUT2D eigenvalue weighted by molar-refractivity contribution is 0.0955. The van der Waals surface area contributed by atoms with Crippen LogP contribution in [0.3, 0.4) is 0 Å². The molecule has 138 valence electrons. The number of nitrogens with one attached hydrogen (secondary N) is 1. The van der Waals surface area contributed by atoms with Gasteiger partial charge in [-0.2, -0.15) is 5.10 Å². The van der Waals surface area contributed by atoms with Gasteiger partial charge in [0.1, 0.15) is 6.33 Å². The number of methoxy groups -OCH3 is 1. The number of rotatable bonds is 7. The number of hydrogen-bond donors (Lipinski definition) is 1. The molecular formula is C18H18N6O3. The van der Waals surface area contributed by atoms with E-state index in [1.165, 1.54) is 17.2 Å². The molecule has 0 saturated carbocycles. The predicted molar refractivity (Wildman–Crippen MR) is 98.4 cm³/mol. The van der Waals surface area contributed by atoms with Gasteiger partial charge < -0.3 is 9.47 Å². The second-order valence-electron chi connectivity index (χ2n) is 5.34. The summed E-state index contributed by atoms with van der Waals surface area (Å²) in [4.78, 5) is 12.2. The van der Waals surface area contributed by atoms with Crippen molar-refractivity contribution in [3.8, 4) is 17.2 Å². The van der Waals surface area contributed by atoms with Crippen LogP contribution in [-0.4, -0.2) is 46.0 Å². The summed E-state index contributed by atoms with van der Waals surface area (Å²) in [6.07, 6.45) is 3.01. The average molecular weight is 366 g/mol. The van der Waals surface area contributed by atoms with Gasteiger partial charge in [-0.25, -0.2) is 10.1 Å². The third kappa shape index (κ3) is 4.46. The maximum atomic E-state index is 12.2. The molecule has 0 aliphatic rings. The van der Waals surface area contributed by atoms with E-state index < -0.39 is 0 Å². The van der Waals surface area contributed by atoms with Crippen LogP contribution in [0.15, 0.2) is 53.9 Å². The highest BCUT2D eigenvalue weighted by Crippen LogP contribution is 2.27. The lowest BCUT2D eigenvalue weighted by atomic mass is 10.2. The molecule has 0 aliphatic heterocycles. The first-order valence-electron chi connectivity index (χ1n) is 8.19. The largest absolute Gasteiger partial charge is 0.493 e. The Bertz CT molecular complexity index is 923. The molecule has 0 fully saturated rings. The first-order chi connectivity index (χ1) is 13.2. The van der Waals surface area contributed by atoms with Crippen molar-refractivity contribution in [2.24, 2.45) is 5.10 Å². The van der Waals surface area contributed by atoms with Crippen molar-refractivity contribution in [1.29, 1.82) is 0 Å². The number of aromatic nitrogens is 4. The molecule has 1 N–H and O–H groups in total. The normalized spacial score (nSPS) is 10.7. The third-order valence-electron chi connectivity index (χ3n) is 3.61. The molecule has 0 radical (unpaired) electrons. The molecule has 27 heavy (non-hydrogen) atoms. The average Bonchev–Trinajstić information content (AvgIpc) is 3.24. The number of hydrogen-bond acceptors (Lipinski definition) is 7. The number of carbonyl (C=O) groups is 1. The van der Waals surface area contributed by atoms with Crippen molar-refractivity contribution in [1.82, 2.24) is 25.6 Å². The minimum atomic E-state index is -0.326. The number of hydrazone groups is 1. The lowest BCUT2D eigenvalue weighted by Crippen LogP contribution is -2.17. The molecule has 0 saturated heterocycles.